The van der Waals surface area contributed by atoms with Crippen molar-refractivity contribution in [3.05, 3.63) is 24.3 Å². The van der Waals surface area contributed by atoms with E-state index < -0.39 is 0 Å². The fourth-order valence-corrected chi connectivity index (χ4v) is 0.646. The summed E-state index contributed by atoms with van der Waals surface area (Å²) >= 11 is 0. The van der Waals surface area contributed by atoms with Crippen molar-refractivity contribution in [1.82, 2.24) is 9.97 Å². The average Bonchev–Trinajstić information content (AvgIpc) is 2.09. The highest BCUT2D eigenvalue weighted by Gasteiger charge is 1.89. The summed E-state index contributed by atoms with van der Waals surface area (Å²) in [6.07, 6.45) is 7.01. The van der Waals surface area contributed by atoms with Gasteiger partial charge in [0.1, 0.15) is 6.29 Å². The summed E-state index contributed by atoms with van der Waals surface area (Å²) < 4.78 is 0. The molecular weight excluding hydrogens is 156 g/mol. The third kappa shape index (κ3) is 2.49. The fourth-order valence-electron chi connectivity index (χ4n) is 0.646. The number of allylic oxidation sites excluding steroid dienone is 1. The number of rotatable bonds is 3. The smallest absolute Gasteiger partial charge is 0.152 e. The van der Waals surface area contributed by atoms with E-state index in [-0.39, 0.29) is 5.75 Å². The van der Waals surface area contributed by atoms with Gasteiger partial charge in [0.15, 0.2) is 11.6 Å². The minimum absolute atomic E-state index is 0.0301. The Kier molecular flexibility index (Phi) is 2.95. The Labute approximate surface area is 69.6 Å². The van der Waals surface area contributed by atoms with Crippen molar-refractivity contribution in [2.75, 3.05) is 0 Å². The van der Waals surface area contributed by atoms with Gasteiger partial charge in [0.25, 0.3) is 0 Å². The van der Waals surface area contributed by atoms with Gasteiger partial charge in [-0.05, 0) is 6.08 Å². The molecule has 0 spiro atoms. The molecule has 0 aliphatic rings. The first-order valence-electron chi connectivity index (χ1n) is 3.44. The third-order valence-electron chi connectivity index (χ3n) is 1.16. The van der Waals surface area contributed by atoms with Crippen LogP contribution in [0.4, 0.5) is 0 Å². The Hall–Kier alpha value is -1.71. The van der Waals surface area contributed by atoms with Gasteiger partial charge in [-0.15, -0.1) is 0 Å². The summed E-state index contributed by atoms with van der Waals surface area (Å²) in [7, 11) is 0. The number of aldehydes is 1. The molecule has 0 radical (unpaired) electrons. The molecular formula is C8H8N2O2. The lowest BCUT2D eigenvalue weighted by molar-refractivity contribution is -0.107. The minimum Gasteiger partial charge on any atom is -0.505 e. The van der Waals surface area contributed by atoms with Crippen LogP contribution in [-0.4, -0.2) is 21.4 Å². The summed E-state index contributed by atoms with van der Waals surface area (Å²) in [4.78, 5) is 17.5. The normalized spacial score (nSPS) is 10.3. The molecule has 0 aromatic carbocycles. The lowest BCUT2D eigenvalue weighted by atomic mass is 10.4. The van der Waals surface area contributed by atoms with Gasteiger partial charge in [-0.1, -0.05) is 6.08 Å². The highest BCUT2D eigenvalue weighted by Crippen LogP contribution is 2.02. The number of carbonyl (C=O) groups is 1. The van der Waals surface area contributed by atoms with Crippen molar-refractivity contribution in [2.45, 2.75) is 6.42 Å². The molecule has 0 aliphatic carbocycles. The van der Waals surface area contributed by atoms with Crippen LogP contribution in [0.1, 0.15) is 12.2 Å². The summed E-state index contributed by atoms with van der Waals surface area (Å²) in [5, 5.41) is 8.82. The van der Waals surface area contributed by atoms with Crippen molar-refractivity contribution in [1.29, 1.82) is 0 Å². The number of hydrogen-bond donors (Lipinski definition) is 1. The molecule has 0 bridgehead atoms. The van der Waals surface area contributed by atoms with E-state index in [2.05, 4.69) is 9.97 Å². The molecule has 0 fully saturated rings. The minimum atomic E-state index is 0.0301. The quantitative estimate of drug-likeness (QED) is 0.670. The maximum atomic E-state index is 9.92. The van der Waals surface area contributed by atoms with E-state index in [1.54, 1.807) is 12.2 Å². The molecule has 0 saturated heterocycles. The lowest BCUT2D eigenvalue weighted by Crippen LogP contribution is -1.84. The topological polar surface area (TPSA) is 63.1 Å². The maximum Gasteiger partial charge on any atom is 0.152 e. The van der Waals surface area contributed by atoms with E-state index >= 15 is 0 Å². The van der Waals surface area contributed by atoms with Crippen molar-refractivity contribution in [2.24, 2.45) is 0 Å². The largest absolute Gasteiger partial charge is 0.505 e. The molecule has 0 unspecified atom stereocenters. The van der Waals surface area contributed by atoms with Gasteiger partial charge in [0, 0.05) is 6.42 Å². The highest BCUT2D eigenvalue weighted by molar-refractivity contribution is 5.55. The van der Waals surface area contributed by atoms with E-state index in [4.69, 9.17) is 5.11 Å². The summed E-state index contributed by atoms with van der Waals surface area (Å²) in [5.41, 5.74) is 0. The number of nitrogens with zero attached hydrogens (tertiary/aromatic N) is 2. The first-order chi connectivity index (χ1) is 5.83. The summed E-state index contributed by atoms with van der Waals surface area (Å²) in [6.45, 7) is 0. The number of aromatic nitrogens is 2. The van der Waals surface area contributed by atoms with Crippen LogP contribution in [0.3, 0.4) is 0 Å². The number of aromatic hydroxyl groups is 1. The highest BCUT2D eigenvalue weighted by atomic mass is 16.3. The van der Waals surface area contributed by atoms with E-state index in [0.29, 0.717) is 12.2 Å². The predicted molar refractivity (Wildman–Crippen MR) is 43.4 cm³/mol. The van der Waals surface area contributed by atoms with Gasteiger partial charge >= 0.3 is 0 Å². The molecule has 0 aliphatic heterocycles. The van der Waals surface area contributed by atoms with Crippen LogP contribution in [0.2, 0.25) is 0 Å². The van der Waals surface area contributed by atoms with Crippen LogP contribution < -0.4 is 0 Å². The molecule has 0 atom stereocenters. The van der Waals surface area contributed by atoms with Crippen LogP contribution >= 0.6 is 0 Å². The fraction of sp³-hybridized carbons (Fsp3) is 0.125. The molecule has 1 heterocycles. The van der Waals surface area contributed by atoms with Gasteiger partial charge in [0.2, 0.25) is 0 Å². The van der Waals surface area contributed by atoms with E-state index in [0.717, 1.165) is 6.29 Å². The second-order valence-corrected chi connectivity index (χ2v) is 2.10. The first-order valence-corrected chi connectivity index (χ1v) is 3.44. The van der Waals surface area contributed by atoms with Gasteiger partial charge in [-0.3, -0.25) is 0 Å². The molecule has 1 aromatic rings. The zero-order valence-electron chi connectivity index (χ0n) is 6.34. The van der Waals surface area contributed by atoms with Crippen molar-refractivity contribution < 1.29 is 9.90 Å². The molecule has 4 heteroatoms. The van der Waals surface area contributed by atoms with Crippen molar-refractivity contribution in [3.8, 4) is 5.75 Å². The van der Waals surface area contributed by atoms with E-state index in [9.17, 15) is 4.79 Å². The Bertz CT molecular complexity index is 280. The molecule has 4 nitrogen and oxygen atoms in total. The number of hydrogen-bond acceptors (Lipinski definition) is 4. The van der Waals surface area contributed by atoms with E-state index in [1.165, 1.54) is 12.4 Å². The lowest BCUT2D eigenvalue weighted by Gasteiger charge is -1.90. The van der Waals surface area contributed by atoms with Gasteiger partial charge in [0.05, 0.1) is 12.4 Å². The Balaban J connectivity index is 2.64. The van der Waals surface area contributed by atoms with Gasteiger partial charge in [-0.25, -0.2) is 9.97 Å². The molecule has 0 saturated carbocycles. The van der Waals surface area contributed by atoms with Crippen LogP contribution in [0.25, 0.3) is 6.08 Å². The molecule has 1 rings (SSSR count). The SMILES string of the molecule is O=CCC=Cc1ncc(O)cn1. The van der Waals surface area contributed by atoms with Crippen LogP contribution in [0, 0.1) is 0 Å². The zero-order chi connectivity index (χ0) is 8.81. The molecule has 1 N–H and O–H groups in total. The van der Waals surface area contributed by atoms with Crippen molar-refractivity contribution in [3.63, 3.8) is 0 Å². The maximum absolute atomic E-state index is 9.92. The van der Waals surface area contributed by atoms with Gasteiger partial charge < -0.3 is 9.90 Å². The molecule has 0 amide bonds. The monoisotopic (exact) mass is 164 g/mol. The van der Waals surface area contributed by atoms with Gasteiger partial charge in [-0.2, -0.15) is 0 Å². The first kappa shape index (κ1) is 8.39. The summed E-state index contributed by atoms with van der Waals surface area (Å²) in [5.74, 6) is 0.511. The molecule has 1 aromatic heterocycles. The number of carbonyl (C=O) groups excluding carboxylic acids is 1. The Morgan fingerprint density at radius 1 is 1.42 bits per heavy atom. The third-order valence-corrected chi connectivity index (χ3v) is 1.16. The standard InChI is InChI=1S/C8H8N2O2/c11-4-2-1-3-8-9-5-7(12)6-10-8/h1,3-6,12H,2H2. The molecule has 12 heavy (non-hydrogen) atoms. The second-order valence-electron chi connectivity index (χ2n) is 2.10. The van der Waals surface area contributed by atoms with E-state index in [1.807, 2.05) is 0 Å². The molecule has 62 valence electrons. The summed E-state index contributed by atoms with van der Waals surface area (Å²) in [6, 6.07) is 0. The predicted octanol–water partition coefficient (Wildman–Crippen LogP) is 0.784. The average molecular weight is 164 g/mol. The Morgan fingerprint density at radius 2 is 2.08 bits per heavy atom. The van der Waals surface area contributed by atoms with Crippen LogP contribution in [0.15, 0.2) is 18.5 Å². The Morgan fingerprint density at radius 3 is 2.67 bits per heavy atom. The van der Waals surface area contributed by atoms with Crippen LogP contribution in [0.5, 0.6) is 5.75 Å². The second kappa shape index (κ2) is 4.23. The van der Waals surface area contributed by atoms with Crippen LogP contribution in [-0.2, 0) is 4.79 Å². The van der Waals surface area contributed by atoms with Crippen molar-refractivity contribution >= 4 is 12.4 Å². The zero-order valence-corrected chi connectivity index (χ0v) is 6.34.